The molecule has 2 amide bonds. The van der Waals surface area contributed by atoms with Crippen molar-refractivity contribution in [3.63, 3.8) is 0 Å². The van der Waals surface area contributed by atoms with E-state index in [1.54, 1.807) is 25.3 Å². The Morgan fingerprint density at radius 2 is 2.29 bits per heavy atom. The van der Waals surface area contributed by atoms with E-state index in [9.17, 15) is 9.59 Å². The van der Waals surface area contributed by atoms with Crippen molar-refractivity contribution in [2.45, 2.75) is 25.9 Å². The Bertz CT molecular complexity index is 378. The van der Waals surface area contributed by atoms with E-state index in [-0.39, 0.29) is 18.5 Å². The van der Waals surface area contributed by atoms with Crippen LogP contribution >= 0.6 is 11.3 Å². The third-order valence-corrected chi connectivity index (χ3v) is 2.93. The molecule has 0 saturated heterocycles. The molecule has 0 aliphatic rings. The molecule has 0 bridgehead atoms. The van der Waals surface area contributed by atoms with Gasteiger partial charge in [0, 0.05) is 19.6 Å². The number of rotatable bonds is 5. The molecule has 6 heteroatoms. The molecule has 0 aliphatic heterocycles. The van der Waals surface area contributed by atoms with Crippen LogP contribution in [0.4, 0.5) is 4.79 Å². The van der Waals surface area contributed by atoms with Crippen molar-refractivity contribution >= 4 is 23.3 Å². The second-order valence-corrected chi connectivity index (χ2v) is 4.72. The monoisotopic (exact) mass is 256 g/mol. The third kappa shape index (κ3) is 4.86. The zero-order chi connectivity index (χ0) is 12.8. The molecule has 94 valence electrons. The molecule has 17 heavy (non-hydrogen) atoms. The average Bonchev–Trinajstić information content (AvgIpc) is 2.68. The standard InChI is InChI=1S/C11H16N2O3S/c1-8(5-10(14)15)12-11(16)13(2)6-9-3-4-17-7-9/h3-4,7-8H,5-6H2,1-2H3,(H,12,16)(H,14,15). The first kappa shape index (κ1) is 13.5. The summed E-state index contributed by atoms with van der Waals surface area (Å²) in [4.78, 5) is 23.7. The minimum absolute atomic E-state index is 0.0714. The Balaban J connectivity index is 2.39. The number of nitrogens with one attached hydrogen (secondary N) is 1. The lowest BCUT2D eigenvalue weighted by atomic mass is 10.2. The van der Waals surface area contributed by atoms with Gasteiger partial charge in [0.2, 0.25) is 0 Å². The van der Waals surface area contributed by atoms with Crippen LogP contribution in [0.1, 0.15) is 18.9 Å². The van der Waals surface area contributed by atoms with Crippen LogP contribution in [0.15, 0.2) is 16.8 Å². The molecule has 2 N–H and O–H groups in total. The number of carbonyl (C=O) groups excluding carboxylic acids is 1. The fourth-order valence-corrected chi connectivity index (χ4v) is 2.02. The van der Waals surface area contributed by atoms with Gasteiger partial charge in [-0.1, -0.05) is 0 Å². The van der Waals surface area contributed by atoms with Crippen LogP contribution in [0.3, 0.4) is 0 Å². The van der Waals surface area contributed by atoms with Crippen molar-refractivity contribution < 1.29 is 14.7 Å². The number of nitrogens with zero attached hydrogens (tertiary/aromatic N) is 1. The lowest BCUT2D eigenvalue weighted by Gasteiger charge is -2.20. The van der Waals surface area contributed by atoms with Crippen LogP contribution in [-0.4, -0.2) is 35.1 Å². The minimum Gasteiger partial charge on any atom is -0.481 e. The Labute approximate surface area is 104 Å². The maximum absolute atomic E-state index is 11.7. The van der Waals surface area contributed by atoms with Crippen LogP contribution in [0.25, 0.3) is 0 Å². The lowest BCUT2D eigenvalue weighted by molar-refractivity contribution is -0.137. The zero-order valence-electron chi connectivity index (χ0n) is 9.84. The van der Waals surface area contributed by atoms with Crippen LogP contribution in [-0.2, 0) is 11.3 Å². The Morgan fingerprint density at radius 1 is 1.59 bits per heavy atom. The number of carboxylic acids is 1. The molecular formula is C11H16N2O3S. The van der Waals surface area contributed by atoms with Gasteiger partial charge in [0.25, 0.3) is 0 Å². The normalized spacial score (nSPS) is 11.9. The molecule has 1 aromatic rings. The summed E-state index contributed by atoms with van der Waals surface area (Å²) in [6.07, 6.45) is -0.0714. The SMILES string of the molecule is CC(CC(=O)O)NC(=O)N(C)Cc1ccsc1. The Morgan fingerprint density at radius 3 is 2.82 bits per heavy atom. The smallest absolute Gasteiger partial charge is 0.317 e. The molecular weight excluding hydrogens is 240 g/mol. The van der Waals surface area contributed by atoms with Gasteiger partial charge in [-0.2, -0.15) is 11.3 Å². The molecule has 1 atom stereocenters. The number of amides is 2. The molecule has 5 nitrogen and oxygen atoms in total. The van der Waals surface area contributed by atoms with Gasteiger partial charge in [-0.15, -0.1) is 0 Å². The number of aliphatic carboxylic acids is 1. The van der Waals surface area contributed by atoms with E-state index >= 15 is 0 Å². The van der Waals surface area contributed by atoms with Crippen molar-refractivity contribution in [3.8, 4) is 0 Å². The van der Waals surface area contributed by atoms with Gasteiger partial charge in [-0.3, -0.25) is 4.79 Å². The van der Waals surface area contributed by atoms with Crippen molar-refractivity contribution in [2.24, 2.45) is 0 Å². The summed E-state index contributed by atoms with van der Waals surface area (Å²) in [6, 6.07) is 1.32. The van der Waals surface area contributed by atoms with Crippen molar-refractivity contribution in [1.82, 2.24) is 10.2 Å². The van der Waals surface area contributed by atoms with E-state index in [2.05, 4.69) is 5.32 Å². The molecule has 0 aromatic carbocycles. The predicted octanol–water partition coefficient (Wildman–Crippen LogP) is 1.75. The molecule has 1 heterocycles. The molecule has 0 fully saturated rings. The summed E-state index contributed by atoms with van der Waals surface area (Å²) in [5.41, 5.74) is 1.07. The first-order chi connectivity index (χ1) is 7.99. The third-order valence-electron chi connectivity index (χ3n) is 2.20. The van der Waals surface area contributed by atoms with Gasteiger partial charge in [0.15, 0.2) is 0 Å². The van der Waals surface area contributed by atoms with Crippen molar-refractivity contribution in [1.29, 1.82) is 0 Å². The first-order valence-electron chi connectivity index (χ1n) is 5.23. The summed E-state index contributed by atoms with van der Waals surface area (Å²) >= 11 is 1.58. The number of thiophene rings is 1. The number of urea groups is 1. The first-order valence-corrected chi connectivity index (χ1v) is 6.18. The molecule has 0 spiro atoms. The van der Waals surface area contributed by atoms with Crippen LogP contribution in [0, 0.1) is 0 Å². The van der Waals surface area contributed by atoms with Gasteiger partial charge in [0.05, 0.1) is 6.42 Å². The summed E-state index contributed by atoms with van der Waals surface area (Å²) in [6.45, 7) is 2.19. The van der Waals surface area contributed by atoms with E-state index in [4.69, 9.17) is 5.11 Å². The molecule has 1 unspecified atom stereocenters. The second-order valence-electron chi connectivity index (χ2n) is 3.94. The van der Waals surface area contributed by atoms with E-state index < -0.39 is 5.97 Å². The highest BCUT2D eigenvalue weighted by Gasteiger charge is 2.14. The maximum Gasteiger partial charge on any atom is 0.317 e. The molecule has 0 aliphatic carbocycles. The van der Waals surface area contributed by atoms with Gasteiger partial charge in [-0.25, -0.2) is 4.79 Å². The topological polar surface area (TPSA) is 69.6 Å². The molecule has 0 saturated carbocycles. The predicted molar refractivity (Wildman–Crippen MR) is 66.0 cm³/mol. The van der Waals surface area contributed by atoms with E-state index in [0.29, 0.717) is 6.54 Å². The van der Waals surface area contributed by atoms with E-state index in [1.165, 1.54) is 4.90 Å². The van der Waals surface area contributed by atoms with Crippen molar-refractivity contribution in [2.75, 3.05) is 7.05 Å². The lowest BCUT2D eigenvalue weighted by Crippen LogP contribution is -2.42. The Hall–Kier alpha value is -1.56. The summed E-state index contributed by atoms with van der Waals surface area (Å²) in [5, 5.41) is 15.1. The van der Waals surface area contributed by atoms with Gasteiger partial charge >= 0.3 is 12.0 Å². The zero-order valence-corrected chi connectivity index (χ0v) is 10.7. The van der Waals surface area contributed by atoms with Gasteiger partial charge < -0.3 is 15.3 Å². The van der Waals surface area contributed by atoms with E-state index in [0.717, 1.165) is 5.56 Å². The number of carbonyl (C=O) groups is 2. The van der Waals surface area contributed by atoms with Gasteiger partial charge in [0.1, 0.15) is 0 Å². The summed E-state index contributed by atoms with van der Waals surface area (Å²) < 4.78 is 0. The number of carboxylic acid groups (broad SMARTS) is 1. The van der Waals surface area contributed by atoms with Crippen LogP contribution < -0.4 is 5.32 Å². The summed E-state index contributed by atoms with van der Waals surface area (Å²) in [7, 11) is 1.68. The van der Waals surface area contributed by atoms with Crippen molar-refractivity contribution in [3.05, 3.63) is 22.4 Å². The van der Waals surface area contributed by atoms with Crippen LogP contribution in [0.2, 0.25) is 0 Å². The minimum atomic E-state index is -0.918. The number of hydrogen-bond donors (Lipinski definition) is 2. The highest BCUT2D eigenvalue weighted by atomic mass is 32.1. The largest absolute Gasteiger partial charge is 0.481 e. The second kappa shape index (κ2) is 6.24. The van der Waals surface area contributed by atoms with Crippen LogP contribution in [0.5, 0.6) is 0 Å². The average molecular weight is 256 g/mol. The molecule has 1 aromatic heterocycles. The highest BCUT2D eigenvalue weighted by molar-refractivity contribution is 7.07. The molecule has 0 radical (unpaired) electrons. The fraction of sp³-hybridized carbons (Fsp3) is 0.455. The van der Waals surface area contributed by atoms with E-state index in [1.807, 2.05) is 16.8 Å². The maximum atomic E-state index is 11.7. The fourth-order valence-electron chi connectivity index (χ4n) is 1.36. The summed E-state index contributed by atoms with van der Waals surface area (Å²) in [5.74, 6) is -0.918. The molecule has 1 rings (SSSR count). The van der Waals surface area contributed by atoms with Gasteiger partial charge in [-0.05, 0) is 29.3 Å². The quantitative estimate of drug-likeness (QED) is 0.843. The highest BCUT2D eigenvalue weighted by Crippen LogP contribution is 2.08. The Kier molecular flexibility index (Phi) is 4.96. The number of hydrogen-bond acceptors (Lipinski definition) is 3.